The van der Waals surface area contributed by atoms with E-state index in [-0.39, 0.29) is 0 Å². The summed E-state index contributed by atoms with van der Waals surface area (Å²) in [5.74, 6) is 0. The van der Waals surface area contributed by atoms with Crippen molar-refractivity contribution in [1.29, 1.82) is 0 Å². The second kappa shape index (κ2) is 5.35. The third kappa shape index (κ3) is 9.53. The predicted octanol–water partition coefficient (Wildman–Crippen LogP) is 3.81. The largest absolute Gasteiger partial charge is 0.419 e. The highest BCUT2D eigenvalue weighted by molar-refractivity contribution is 4.56. The molecule has 0 aliphatic rings. The van der Waals surface area contributed by atoms with Gasteiger partial charge in [-0.3, -0.25) is 0 Å². The van der Waals surface area contributed by atoms with Gasteiger partial charge < -0.3 is 0 Å². The molecule has 0 heterocycles. The number of rotatable bonds is 0. The zero-order valence-corrected chi connectivity index (χ0v) is 7.18. The van der Waals surface area contributed by atoms with Crippen molar-refractivity contribution >= 4 is 0 Å². The first-order valence-corrected chi connectivity index (χ1v) is 3.30. The normalized spacial score (nSPS) is 16.7. The van der Waals surface area contributed by atoms with E-state index in [1.807, 2.05) is 0 Å². The van der Waals surface area contributed by atoms with Crippen LogP contribution in [0.2, 0.25) is 0 Å². The minimum absolute atomic E-state index is 0.458. The van der Waals surface area contributed by atoms with Gasteiger partial charge in [0.05, 0.1) is 0 Å². The molecule has 2 atom stereocenters. The van der Waals surface area contributed by atoms with E-state index in [0.29, 0.717) is 13.8 Å². The fraction of sp³-hybridized carbons (Fsp3) is 1.00. The van der Waals surface area contributed by atoms with Crippen molar-refractivity contribution < 1.29 is 35.1 Å². The lowest BCUT2D eigenvalue weighted by atomic mass is 10.4. The molecule has 0 radical (unpaired) electrons. The minimum Gasteiger partial charge on any atom is -0.238 e. The minimum atomic E-state index is -4.67. The van der Waals surface area contributed by atoms with E-state index < -0.39 is 24.7 Å². The maximum absolute atomic E-state index is 11.1. The highest BCUT2D eigenvalue weighted by Crippen LogP contribution is 2.22. The lowest BCUT2D eigenvalue weighted by molar-refractivity contribution is -0.175. The third-order valence-corrected chi connectivity index (χ3v) is 0.902. The molecular weight excluding hydrogens is 224 g/mol. The molecule has 8 heteroatoms. The van der Waals surface area contributed by atoms with E-state index in [0.717, 1.165) is 0 Å². The van der Waals surface area contributed by atoms with Gasteiger partial charge in [-0.2, -0.15) is 26.3 Å². The highest BCUT2D eigenvalue weighted by atomic mass is 19.4. The van der Waals surface area contributed by atoms with Crippen molar-refractivity contribution in [2.45, 2.75) is 38.5 Å². The van der Waals surface area contributed by atoms with Crippen LogP contribution in [-0.2, 0) is 0 Å². The Hall–Kier alpha value is -0.560. The summed E-state index contributed by atoms with van der Waals surface area (Å²) in [5, 5.41) is 0. The summed E-state index contributed by atoms with van der Waals surface area (Å²) in [7, 11) is 0. The van der Waals surface area contributed by atoms with Crippen LogP contribution < -0.4 is 0 Å². The Morgan fingerprint density at radius 1 is 0.643 bits per heavy atom. The number of alkyl halides is 8. The van der Waals surface area contributed by atoms with Crippen LogP contribution in [0.5, 0.6) is 0 Å². The van der Waals surface area contributed by atoms with Gasteiger partial charge in [-0.1, -0.05) is 0 Å². The van der Waals surface area contributed by atoms with Gasteiger partial charge in [-0.25, -0.2) is 8.78 Å². The smallest absolute Gasteiger partial charge is 0.238 e. The maximum Gasteiger partial charge on any atom is 0.419 e. The molecule has 0 aliphatic heterocycles. The molecule has 2 unspecified atom stereocenters. The Balaban J connectivity index is 0. The van der Waals surface area contributed by atoms with Crippen molar-refractivity contribution in [2.75, 3.05) is 0 Å². The van der Waals surface area contributed by atoms with Gasteiger partial charge in [0, 0.05) is 0 Å². The summed E-state index contributed by atoms with van der Waals surface area (Å²) < 4.78 is 87.0. The van der Waals surface area contributed by atoms with Crippen LogP contribution in [0.3, 0.4) is 0 Å². The number of hydrogen-bond acceptors (Lipinski definition) is 0. The van der Waals surface area contributed by atoms with Crippen LogP contribution in [0, 0.1) is 0 Å². The molecule has 0 amide bonds. The van der Waals surface area contributed by atoms with Crippen LogP contribution >= 0.6 is 0 Å². The molecule has 0 aromatic rings. The Morgan fingerprint density at radius 2 is 0.714 bits per heavy atom. The topological polar surface area (TPSA) is 0 Å². The first-order valence-electron chi connectivity index (χ1n) is 3.30. The average molecular weight is 232 g/mol. The summed E-state index contributed by atoms with van der Waals surface area (Å²) >= 11 is 0. The molecule has 88 valence electrons. The van der Waals surface area contributed by atoms with Crippen LogP contribution in [0.1, 0.15) is 13.8 Å². The van der Waals surface area contributed by atoms with E-state index in [2.05, 4.69) is 0 Å². The Labute approximate surface area is 74.9 Å². The summed E-state index contributed by atoms with van der Waals surface area (Å²) in [5.41, 5.74) is 0. The third-order valence-electron chi connectivity index (χ3n) is 0.902. The SMILES string of the molecule is CC(F)C(F)(F)F.CC(F)C(F)(F)F. The molecule has 0 spiro atoms. The van der Waals surface area contributed by atoms with Crippen LogP contribution in [-0.4, -0.2) is 24.7 Å². The number of halogens is 8. The van der Waals surface area contributed by atoms with E-state index >= 15 is 0 Å². The second-order valence-electron chi connectivity index (χ2n) is 2.32. The van der Waals surface area contributed by atoms with Gasteiger partial charge in [0.2, 0.25) is 0 Å². The molecular formula is C6H8F8. The zero-order chi connectivity index (χ0) is 12.2. The lowest BCUT2D eigenvalue weighted by Crippen LogP contribution is -2.20. The molecule has 0 saturated carbocycles. The molecule has 0 saturated heterocycles. The van der Waals surface area contributed by atoms with Crippen molar-refractivity contribution in [3.8, 4) is 0 Å². The standard InChI is InChI=1S/2C3H4F4/c2*1-2(4)3(5,6)7/h2*2H,1H3. The fourth-order valence-electron chi connectivity index (χ4n) is 0. The van der Waals surface area contributed by atoms with Gasteiger partial charge >= 0.3 is 12.4 Å². The Morgan fingerprint density at radius 3 is 0.714 bits per heavy atom. The summed E-state index contributed by atoms with van der Waals surface area (Å²) in [6.07, 6.45) is -14.7. The summed E-state index contributed by atoms with van der Waals surface area (Å²) in [6.45, 7) is 0.917. The first kappa shape index (κ1) is 15.9. The van der Waals surface area contributed by atoms with E-state index in [1.165, 1.54) is 0 Å². The first-order chi connectivity index (χ1) is 5.89. The zero-order valence-electron chi connectivity index (χ0n) is 7.18. The lowest BCUT2D eigenvalue weighted by Gasteiger charge is -2.04. The monoisotopic (exact) mass is 232 g/mol. The maximum atomic E-state index is 11.1. The molecule has 0 rings (SSSR count). The predicted molar refractivity (Wildman–Crippen MR) is 33.2 cm³/mol. The summed E-state index contributed by atoms with van der Waals surface area (Å²) in [4.78, 5) is 0. The second-order valence-corrected chi connectivity index (χ2v) is 2.32. The van der Waals surface area contributed by atoms with E-state index in [4.69, 9.17) is 0 Å². The molecule has 0 aromatic heterocycles. The average Bonchev–Trinajstić information content (AvgIpc) is 1.83. The van der Waals surface area contributed by atoms with Gasteiger partial charge in [0.25, 0.3) is 0 Å². The molecule has 0 aromatic carbocycles. The molecule has 0 bridgehead atoms. The van der Waals surface area contributed by atoms with Gasteiger partial charge in [0.15, 0.2) is 12.3 Å². The molecule has 0 fully saturated rings. The van der Waals surface area contributed by atoms with Gasteiger partial charge in [-0.05, 0) is 13.8 Å². The highest BCUT2D eigenvalue weighted by Gasteiger charge is 2.36. The van der Waals surface area contributed by atoms with E-state index in [9.17, 15) is 35.1 Å². The Bertz CT molecular complexity index is 123. The molecule has 0 aliphatic carbocycles. The Kier molecular flexibility index (Phi) is 6.08. The fourth-order valence-corrected chi connectivity index (χ4v) is 0. The quantitative estimate of drug-likeness (QED) is 0.557. The van der Waals surface area contributed by atoms with Crippen LogP contribution in [0.15, 0.2) is 0 Å². The van der Waals surface area contributed by atoms with Crippen molar-refractivity contribution in [2.24, 2.45) is 0 Å². The van der Waals surface area contributed by atoms with Crippen molar-refractivity contribution in [1.82, 2.24) is 0 Å². The van der Waals surface area contributed by atoms with Crippen LogP contribution in [0.4, 0.5) is 35.1 Å². The van der Waals surface area contributed by atoms with Crippen molar-refractivity contribution in [3.05, 3.63) is 0 Å². The molecule has 0 N–H and O–H groups in total. The summed E-state index contributed by atoms with van der Waals surface area (Å²) in [6, 6.07) is 0. The van der Waals surface area contributed by atoms with Crippen molar-refractivity contribution in [3.63, 3.8) is 0 Å². The number of hydrogen-bond donors (Lipinski definition) is 0. The molecule has 0 nitrogen and oxygen atoms in total. The van der Waals surface area contributed by atoms with Crippen LogP contribution in [0.25, 0.3) is 0 Å². The van der Waals surface area contributed by atoms with E-state index in [1.54, 1.807) is 0 Å². The molecule has 14 heavy (non-hydrogen) atoms. The van der Waals surface area contributed by atoms with Gasteiger partial charge in [-0.15, -0.1) is 0 Å². The van der Waals surface area contributed by atoms with Gasteiger partial charge in [0.1, 0.15) is 0 Å².